The van der Waals surface area contributed by atoms with E-state index < -0.39 is 17.9 Å². The van der Waals surface area contributed by atoms with Gasteiger partial charge in [-0.25, -0.2) is 9.59 Å². The molecule has 3 rings (SSSR count). The summed E-state index contributed by atoms with van der Waals surface area (Å²) < 4.78 is 12.9. The van der Waals surface area contributed by atoms with Crippen LogP contribution >= 0.6 is 0 Å². The summed E-state index contributed by atoms with van der Waals surface area (Å²) >= 11 is 0. The van der Waals surface area contributed by atoms with Crippen molar-refractivity contribution in [3.05, 3.63) is 46.2 Å². The molecule has 3 atom stereocenters. The number of imidazole rings is 1. The second kappa shape index (κ2) is 8.27. The van der Waals surface area contributed by atoms with Crippen LogP contribution in [0.2, 0.25) is 0 Å². The van der Waals surface area contributed by atoms with Crippen LogP contribution in [0.3, 0.4) is 0 Å². The van der Waals surface area contributed by atoms with Gasteiger partial charge < -0.3 is 24.1 Å². The number of aliphatic hydroxyl groups is 1. The van der Waals surface area contributed by atoms with Crippen LogP contribution < -0.4 is 5.69 Å². The Hall–Kier alpha value is -2.12. The van der Waals surface area contributed by atoms with Crippen LogP contribution in [-0.4, -0.2) is 32.8 Å². The summed E-state index contributed by atoms with van der Waals surface area (Å²) in [7, 11) is 1.60. The first-order valence-electron chi connectivity index (χ1n) is 9.55. The van der Waals surface area contributed by atoms with Gasteiger partial charge in [0.1, 0.15) is 6.10 Å². The van der Waals surface area contributed by atoms with Crippen LogP contribution in [-0.2, 0) is 27.1 Å². The van der Waals surface area contributed by atoms with E-state index in [1.165, 1.54) is 16.8 Å². The number of aromatic amines is 1. The largest absolute Gasteiger partial charge is 0.459 e. The molecular formula is C20H28N2O5. The summed E-state index contributed by atoms with van der Waals surface area (Å²) in [6, 6.07) is 0. The van der Waals surface area contributed by atoms with E-state index >= 15 is 0 Å². The van der Waals surface area contributed by atoms with Gasteiger partial charge in [-0.05, 0) is 39.0 Å². The number of rotatable bonds is 1. The van der Waals surface area contributed by atoms with Crippen LogP contribution in [0.25, 0.3) is 0 Å². The third kappa shape index (κ3) is 4.99. The molecule has 2 N–H and O–H groups in total. The van der Waals surface area contributed by atoms with E-state index in [4.69, 9.17) is 9.47 Å². The predicted molar refractivity (Wildman–Crippen MR) is 99.9 cm³/mol. The van der Waals surface area contributed by atoms with Gasteiger partial charge in [-0.3, -0.25) is 0 Å². The summed E-state index contributed by atoms with van der Waals surface area (Å²) in [5.74, 6) is -2.08. The van der Waals surface area contributed by atoms with Crippen LogP contribution in [0.4, 0.5) is 0 Å². The topological polar surface area (TPSA) is 93.6 Å². The number of carbonyl (C=O) groups excluding carboxylic acids is 1. The molecule has 1 aromatic heterocycles. The minimum absolute atomic E-state index is 0.0853. The molecule has 0 aromatic carbocycles. The highest BCUT2D eigenvalue weighted by Gasteiger charge is 2.44. The number of ether oxygens (including phenoxy) is 2. The van der Waals surface area contributed by atoms with Gasteiger partial charge in [0.05, 0.1) is 11.8 Å². The van der Waals surface area contributed by atoms with Crippen molar-refractivity contribution < 1.29 is 19.4 Å². The average molecular weight is 376 g/mol. The fraction of sp³-hybridized carbons (Fsp3) is 0.600. The van der Waals surface area contributed by atoms with Crippen molar-refractivity contribution in [2.75, 3.05) is 0 Å². The Labute approximate surface area is 158 Å². The summed E-state index contributed by atoms with van der Waals surface area (Å²) in [5, 5.41) is 11.1. The maximum absolute atomic E-state index is 12.3. The van der Waals surface area contributed by atoms with E-state index in [1.807, 2.05) is 6.92 Å². The molecule has 1 aromatic rings. The number of allylic oxidation sites excluding steroid dienone is 3. The van der Waals surface area contributed by atoms with E-state index in [0.717, 1.165) is 37.7 Å². The van der Waals surface area contributed by atoms with Crippen LogP contribution in [0.1, 0.15) is 57.6 Å². The van der Waals surface area contributed by atoms with Crippen LogP contribution in [0.15, 0.2) is 34.8 Å². The van der Waals surface area contributed by atoms with Crippen molar-refractivity contribution in [1.82, 2.24) is 9.55 Å². The number of nitrogens with one attached hydrogen (secondary N) is 1. The molecule has 0 amide bonds. The fourth-order valence-electron chi connectivity index (χ4n) is 3.67. The van der Waals surface area contributed by atoms with Crippen LogP contribution in [0, 0.1) is 0 Å². The number of hydrogen-bond donors (Lipinski definition) is 2. The lowest BCUT2D eigenvalue weighted by Crippen LogP contribution is -2.45. The Morgan fingerprint density at radius 3 is 2.78 bits per heavy atom. The number of aromatic nitrogens is 2. The van der Waals surface area contributed by atoms with Crippen molar-refractivity contribution >= 4 is 5.97 Å². The monoisotopic (exact) mass is 376 g/mol. The van der Waals surface area contributed by atoms with E-state index in [9.17, 15) is 14.7 Å². The van der Waals surface area contributed by atoms with Gasteiger partial charge in [-0.15, -0.1) is 0 Å². The predicted octanol–water partition coefficient (Wildman–Crippen LogP) is 2.42. The molecule has 0 unspecified atom stereocenters. The lowest BCUT2D eigenvalue weighted by atomic mass is 9.93. The Bertz CT molecular complexity index is 791. The molecule has 7 heteroatoms. The normalized spacial score (nSPS) is 30.3. The number of nitrogens with zero attached hydrogens (tertiary/aromatic N) is 1. The SMILES string of the molecule is CC1=CC(=O)O[C@@H]2C[C@@H](CCCC=CCC1)O[C@@](O)(c1cn(C)c(=O)[nH]1)C2. The lowest BCUT2D eigenvalue weighted by molar-refractivity contribution is -0.285. The minimum Gasteiger partial charge on any atom is -0.459 e. The number of esters is 1. The van der Waals surface area contributed by atoms with Crippen molar-refractivity contribution in [1.29, 1.82) is 0 Å². The van der Waals surface area contributed by atoms with Crippen molar-refractivity contribution in [3.63, 3.8) is 0 Å². The van der Waals surface area contributed by atoms with Crippen molar-refractivity contribution in [3.8, 4) is 0 Å². The number of H-pyrrole nitrogens is 1. The third-order valence-corrected chi connectivity index (χ3v) is 5.11. The van der Waals surface area contributed by atoms with Crippen molar-refractivity contribution in [2.45, 2.75) is 69.9 Å². The maximum Gasteiger partial charge on any atom is 0.330 e. The Morgan fingerprint density at radius 2 is 2.04 bits per heavy atom. The second-order valence-electron chi connectivity index (χ2n) is 7.54. The first-order chi connectivity index (χ1) is 12.9. The standard InChI is InChI=1S/C20H28N2O5/c1-14-8-6-4-3-5-7-9-15-11-16(26-18(23)10-14)12-20(25,27-15)17-13-22(2)19(24)21-17/h3-4,10,13,15-16,25H,5-9,11-12H2,1-2H3,(H,21,24)/t15-,16-,20-/m1/s1. The molecule has 3 heterocycles. The molecule has 2 bridgehead atoms. The van der Waals surface area contributed by atoms with E-state index in [-0.39, 0.29) is 23.9 Å². The Morgan fingerprint density at radius 1 is 1.26 bits per heavy atom. The highest BCUT2D eigenvalue weighted by molar-refractivity contribution is 5.82. The van der Waals surface area contributed by atoms with Gasteiger partial charge in [0, 0.05) is 32.2 Å². The fourth-order valence-corrected chi connectivity index (χ4v) is 3.67. The molecule has 2 aliphatic rings. The molecule has 2 aliphatic heterocycles. The zero-order valence-electron chi connectivity index (χ0n) is 15.9. The molecule has 0 aliphatic carbocycles. The lowest BCUT2D eigenvalue weighted by Gasteiger charge is -2.40. The van der Waals surface area contributed by atoms with E-state index in [1.54, 1.807) is 7.05 Å². The second-order valence-corrected chi connectivity index (χ2v) is 7.54. The van der Waals surface area contributed by atoms with Gasteiger partial charge in [0.25, 0.3) is 0 Å². The quantitative estimate of drug-likeness (QED) is 0.580. The minimum atomic E-state index is -1.68. The average Bonchev–Trinajstić information content (AvgIpc) is 2.92. The molecule has 1 saturated heterocycles. The molecule has 7 nitrogen and oxygen atoms in total. The zero-order valence-corrected chi connectivity index (χ0v) is 15.9. The molecule has 148 valence electrons. The molecule has 0 saturated carbocycles. The van der Waals surface area contributed by atoms with Gasteiger partial charge in [-0.1, -0.05) is 17.7 Å². The maximum atomic E-state index is 12.3. The number of fused-ring (bicyclic) bond motifs is 2. The Balaban J connectivity index is 1.84. The van der Waals surface area contributed by atoms with E-state index in [0.29, 0.717) is 6.42 Å². The number of hydrogen-bond acceptors (Lipinski definition) is 5. The van der Waals surface area contributed by atoms with Gasteiger partial charge in [0.15, 0.2) is 0 Å². The molecule has 27 heavy (non-hydrogen) atoms. The number of aryl methyl sites for hydroxylation is 1. The molecule has 0 radical (unpaired) electrons. The highest BCUT2D eigenvalue weighted by Crippen LogP contribution is 2.37. The summed E-state index contributed by atoms with van der Waals surface area (Å²) in [6.07, 6.45) is 11.5. The first-order valence-corrected chi connectivity index (χ1v) is 9.55. The molecule has 0 spiro atoms. The number of carbonyl (C=O) groups is 1. The summed E-state index contributed by atoms with van der Waals surface area (Å²) in [4.78, 5) is 26.7. The molecule has 1 fully saturated rings. The van der Waals surface area contributed by atoms with E-state index in [2.05, 4.69) is 17.1 Å². The van der Waals surface area contributed by atoms with Crippen LogP contribution in [0.5, 0.6) is 0 Å². The van der Waals surface area contributed by atoms with Gasteiger partial charge in [0.2, 0.25) is 5.79 Å². The van der Waals surface area contributed by atoms with Crippen molar-refractivity contribution in [2.24, 2.45) is 7.05 Å². The summed E-state index contributed by atoms with van der Waals surface area (Å²) in [6.45, 7) is 1.92. The zero-order chi connectivity index (χ0) is 19.4. The molecular weight excluding hydrogens is 348 g/mol. The summed E-state index contributed by atoms with van der Waals surface area (Å²) in [5.41, 5.74) is 0.921. The highest BCUT2D eigenvalue weighted by atomic mass is 16.6. The smallest absolute Gasteiger partial charge is 0.330 e. The first kappa shape index (κ1) is 19.6. The van der Waals surface area contributed by atoms with Gasteiger partial charge >= 0.3 is 11.7 Å². The third-order valence-electron chi connectivity index (χ3n) is 5.11. The Kier molecular flexibility index (Phi) is 6.01. The van der Waals surface area contributed by atoms with Gasteiger partial charge in [-0.2, -0.15) is 0 Å².